The van der Waals surface area contributed by atoms with Crippen LogP contribution in [0.15, 0.2) is 48.5 Å². The van der Waals surface area contributed by atoms with Crippen molar-refractivity contribution in [2.24, 2.45) is 0 Å². The van der Waals surface area contributed by atoms with Gasteiger partial charge in [0.2, 0.25) is 0 Å². The molecule has 0 spiro atoms. The van der Waals surface area contributed by atoms with Gasteiger partial charge in [-0.15, -0.1) is 0 Å². The minimum absolute atomic E-state index is 0.105. The van der Waals surface area contributed by atoms with Gasteiger partial charge in [-0.05, 0) is 23.3 Å². The third-order valence-electron chi connectivity index (χ3n) is 3.31. The van der Waals surface area contributed by atoms with Crippen molar-refractivity contribution in [3.8, 4) is 11.5 Å². The topological polar surface area (TPSA) is 67.8 Å². The summed E-state index contributed by atoms with van der Waals surface area (Å²) in [6.45, 7) is 1.48. The number of hydrogen-bond acceptors (Lipinski definition) is 4. The van der Waals surface area contributed by atoms with Crippen LogP contribution in [0.1, 0.15) is 17.5 Å². The summed E-state index contributed by atoms with van der Waals surface area (Å²) in [5.41, 5.74) is 2.10. The van der Waals surface area contributed by atoms with Crippen LogP contribution in [0.2, 0.25) is 0 Å². The van der Waals surface area contributed by atoms with Gasteiger partial charge in [0.15, 0.2) is 11.5 Å². The summed E-state index contributed by atoms with van der Waals surface area (Å²) in [7, 11) is 1.61. The molecule has 0 aliphatic rings. The zero-order valence-electron chi connectivity index (χ0n) is 13.1. The number of methoxy groups -OCH3 is 1. The molecular formula is C18H21NO4. The van der Waals surface area contributed by atoms with Gasteiger partial charge in [-0.1, -0.05) is 36.4 Å². The van der Waals surface area contributed by atoms with Crippen LogP contribution in [-0.4, -0.2) is 24.7 Å². The van der Waals surface area contributed by atoms with Gasteiger partial charge >= 0.3 is 5.97 Å². The van der Waals surface area contributed by atoms with E-state index in [-0.39, 0.29) is 6.42 Å². The van der Waals surface area contributed by atoms with E-state index in [0.717, 1.165) is 11.1 Å². The number of nitrogens with one attached hydrogen (secondary N) is 1. The molecule has 0 amide bonds. The molecule has 2 rings (SSSR count). The van der Waals surface area contributed by atoms with Gasteiger partial charge in [0.25, 0.3) is 0 Å². The highest BCUT2D eigenvalue weighted by atomic mass is 16.5. The molecule has 23 heavy (non-hydrogen) atoms. The number of carboxylic acids is 1. The zero-order valence-corrected chi connectivity index (χ0v) is 13.1. The molecule has 0 atom stereocenters. The highest BCUT2D eigenvalue weighted by Crippen LogP contribution is 2.28. The largest absolute Gasteiger partial charge is 0.493 e. The second-order valence-corrected chi connectivity index (χ2v) is 5.08. The fraction of sp³-hybridized carbons (Fsp3) is 0.278. The molecule has 0 aromatic heterocycles. The third-order valence-corrected chi connectivity index (χ3v) is 3.31. The fourth-order valence-electron chi connectivity index (χ4n) is 2.11. The Bertz CT molecular complexity index is 628. The Morgan fingerprint density at radius 3 is 2.57 bits per heavy atom. The average molecular weight is 315 g/mol. The maximum absolute atomic E-state index is 10.5. The molecule has 0 saturated heterocycles. The number of carbonyl (C=O) groups is 1. The van der Waals surface area contributed by atoms with Crippen LogP contribution in [0, 0.1) is 0 Å². The number of benzene rings is 2. The number of ether oxygens (including phenoxy) is 2. The van der Waals surface area contributed by atoms with Crippen molar-refractivity contribution in [3.05, 3.63) is 59.7 Å². The van der Waals surface area contributed by atoms with Gasteiger partial charge in [-0.2, -0.15) is 0 Å². The standard InChI is InChI=1S/C18H21NO4/c1-22-16-8-7-15(12-19-10-9-18(20)21)11-17(16)23-13-14-5-3-2-4-6-14/h2-8,11,19H,9-10,12-13H2,1H3,(H,20,21). The molecule has 0 fully saturated rings. The van der Waals surface area contributed by atoms with E-state index in [2.05, 4.69) is 5.32 Å². The van der Waals surface area contributed by atoms with E-state index < -0.39 is 5.97 Å². The lowest BCUT2D eigenvalue weighted by molar-refractivity contribution is -0.136. The van der Waals surface area contributed by atoms with E-state index >= 15 is 0 Å². The van der Waals surface area contributed by atoms with Crippen molar-refractivity contribution in [2.45, 2.75) is 19.6 Å². The van der Waals surface area contributed by atoms with Crippen LogP contribution in [0.5, 0.6) is 11.5 Å². The first kappa shape index (κ1) is 16.8. The summed E-state index contributed by atoms with van der Waals surface area (Å²) >= 11 is 0. The number of hydrogen-bond donors (Lipinski definition) is 2. The van der Waals surface area contributed by atoms with Gasteiger partial charge in [0.05, 0.1) is 13.5 Å². The molecule has 0 heterocycles. The quantitative estimate of drug-likeness (QED) is 0.697. The predicted octanol–water partition coefficient (Wildman–Crippen LogP) is 2.84. The normalized spacial score (nSPS) is 10.3. The molecule has 5 heteroatoms. The maximum atomic E-state index is 10.5. The second-order valence-electron chi connectivity index (χ2n) is 5.08. The summed E-state index contributed by atoms with van der Waals surface area (Å²) in [6, 6.07) is 15.6. The second kappa shape index (κ2) is 8.80. The van der Waals surface area contributed by atoms with Crippen molar-refractivity contribution in [3.63, 3.8) is 0 Å². The lowest BCUT2D eigenvalue weighted by atomic mass is 10.2. The highest BCUT2D eigenvalue weighted by Gasteiger charge is 2.06. The maximum Gasteiger partial charge on any atom is 0.304 e. The number of rotatable bonds is 9. The first-order valence-corrected chi connectivity index (χ1v) is 7.45. The number of aliphatic carboxylic acids is 1. The van der Waals surface area contributed by atoms with E-state index in [0.29, 0.717) is 31.2 Å². The lowest BCUT2D eigenvalue weighted by Gasteiger charge is -2.13. The van der Waals surface area contributed by atoms with Crippen LogP contribution < -0.4 is 14.8 Å². The average Bonchev–Trinajstić information content (AvgIpc) is 2.58. The minimum atomic E-state index is -0.806. The zero-order chi connectivity index (χ0) is 16.5. The van der Waals surface area contributed by atoms with Gasteiger partial charge < -0.3 is 19.9 Å². The molecule has 122 valence electrons. The van der Waals surface area contributed by atoms with Crippen LogP contribution in [0.25, 0.3) is 0 Å². The summed E-state index contributed by atoms with van der Waals surface area (Å²) in [5.74, 6) is 0.545. The Morgan fingerprint density at radius 2 is 1.87 bits per heavy atom. The van der Waals surface area contributed by atoms with Gasteiger partial charge in [0, 0.05) is 13.1 Å². The molecule has 0 saturated carbocycles. The molecule has 5 nitrogen and oxygen atoms in total. The van der Waals surface area contributed by atoms with E-state index in [1.54, 1.807) is 7.11 Å². The Labute approximate surface area is 135 Å². The first-order chi connectivity index (χ1) is 11.2. The Morgan fingerprint density at radius 1 is 1.09 bits per heavy atom. The third kappa shape index (κ3) is 5.64. The van der Waals surface area contributed by atoms with Crippen LogP contribution in [0.4, 0.5) is 0 Å². The monoisotopic (exact) mass is 315 g/mol. The minimum Gasteiger partial charge on any atom is -0.493 e. The molecule has 2 aromatic rings. The molecule has 0 aliphatic carbocycles. The SMILES string of the molecule is COc1ccc(CNCCC(=O)O)cc1OCc1ccccc1. The summed E-state index contributed by atoms with van der Waals surface area (Å²) in [5, 5.41) is 11.7. The smallest absolute Gasteiger partial charge is 0.304 e. The van der Waals surface area contributed by atoms with Crippen molar-refractivity contribution in [1.29, 1.82) is 0 Å². The van der Waals surface area contributed by atoms with Gasteiger partial charge in [-0.25, -0.2) is 0 Å². The Balaban J connectivity index is 1.96. The molecule has 0 unspecified atom stereocenters. The van der Waals surface area contributed by atoms with Gasteiger partial charge in [0.1, 0.15) is 6.61 Å². The van der Waals surface area contributed by atoms with Crippen molar-refractivity contribution in [2.75, 3.05) is 13.7 Å². The van der Waals surface area contributed by atoms with Gasteiger partial charge in [-0.3, -0.25) is 4.79 Å². The molecule has 0 radical (unpaired) electrons. The van der Waals surface area contributed by atoms with Crippen molar-refractivity contribution in [1.82, 2.24) is 5.32 Å². The van der Waals surface area contributed by atoms with Crippen molar-refractivity contribution < 1.29 is 19.4 Å². The molecule has 0 bridgehead atoms. The van der Waals surface area contributed by atoms with E-state index in [4.69, 9.17) is 14.6 Å². The summed E-state index contributed by atoms with van der Waals surface area (Å²) in [4.78, 5) is 10.5. The molecular weight excluding hydrogens is 294 g/mol. The van der Waals surface area contributed by atoms with E-state index in [9.17, 15) is 4.79 Å². The first-order valence-electron chi connectivity index (χ1n) is 7.45. The van der Waals surface area contributed by atoms with Crippen LogP contribution in [-0.2, 0) is 17.9 Å². The van der Waals surface area contributed by atoms with Crippen LogP contribution >= 0.6 is 0 Å². The molecule has 2 N–H and O–H groups in total. The fourth-order valence-corrected chi connectivity index (χ4v) is 2.11. The van der Waals surface area contributed by atoms with E-state index in [1.807, 2.05) is 48.5 Å². The summed E-state index contributed by atoms with van der Waals surface area (Å²) < 4.78 is 11.2. The number of carboxylic acid groups (broad SMARTS) is 1. The highest BCUT2D eigenvalue weighted by molar-refractivity contribution is 5.66. The molecule has 0 aliphatic heterocycles. The molecule has 2 aromatic carbocycles. The van der Waals surface area contributed by atoms with E-state index in [1.165, 1.54) is 0 Å². The Hall–Kier alpha value is -2.53. The predicted molar refractivity (Wildman–Crippen MR) is 87.7 cm³/mol. The van der Waals surface area contributed by atoms with Crippen LogP contribution in [0.3, 0.4) is 0 Å². The Kier molecular flexibility index (Phi) is 6.44. The summed E-state index contributed by atoms with van der Waals surface area (Å²) in [6.07, 6.45) is 0.105. The van der Waals surface area contributed by atoms with Crippen molar-refractivity contribution >= 4 is 5.97 Å². The lowest BCUT2D eigenvalue weighted by Crippen LogP contribution is -2.17.